The fraction of sp³-hybridized carbons (Fsp3) is 0.158. The van der Waals surface area contributed by atoms with Crippen LogP contribution >= 0.6 is 11.3 Å². The summed E-state index contributed by atoms with van der Waals surface area (Å²) in [5, 5.41) is 14.9. The van der Waals surface area contributed by atoms with Crippen molar-refractivity contribution in [1.29, 1.82) is 0 Å². The van der Waals surface area contributed by atoms with Gasteiger partial charge in [-0.2, -0.15) is 0 Å². The van der Waals surface area contributed by atoms with Gasteiger partial charge in [-0.25, -0.2) is 0 Å². The normalized spacial score (nSPS) is 10.6. The lowest BCUT2D eigenvalue weighted by Crippen LogP contribution is -2.14. The first kappa shape index (κ1) is 17.8. The van der Waals surface area contributed by atoms with E-state index in [1.165, 1.54) is 11.3 Å². The van der Waals surface area contributed by atoms with E-state index in [1.807, 2.05) is 19.9 Å². The van der Waals surface area contributed by atoms with E-state index in [0.717, 1.165) is 5.01 Å². The third-order valence-corrected chi connectivity index (χ3v) is 4.71. The molecule has 0 saturated carbocycles. The minimum absolute atomic E-state index is 0.228. The number of anilines is 2. The number of amides is 2. The monoisotopic (exact) mass is 366 g/mol. The van der Waals surface area contributed by atoms with Gasteiger partial charge in [0, 0.05) is 22.7 Å². The molecule has 2 aromatic carbocycles. The van der Waals surface area contributed by atoms with Crippen LogP contribution in [0.15, 0.2) is 54.6 Å². The molecule has 1 heterocycles. The molecule has 0 spiro atoms. The predicted molar refractivity (Wildman–Crippen MR) is 103 cm³/mol. The van der Waals surface area contributed by atoms with Gasteiger partial charge in [0.1, 0.15) is 5.01 Å². The molecular formula is C19H18N4O2S. The van der Waals surface area contributed by atoms with Crippen LogP contribution in [0.4, 0.5) is 10.8 Å². The van der Waals surface area contributed by atoms with Crippen LogP contribution in [0.5, 0.6) is 0 Å². The first-order valence-corrected chi connectivity index (χ1v) is 8.96. The number of nitrogens with one attached hydrogen (secondary N) is 2. The zero-order valence-corrected chi connectivity index (χ0v) is 15.2. The van der Waals surface area contributed by atoms with E-state index in [0.29, 0.717) is 21.9 Å². The standard InChI is InChI=1S/C19H18N4O2S/c1-12(2)18-22-23-19(26-18)21-17(25)14-9-6-10-15(11-14)20-16(24)13-7-4-3-5-8-13/h3-12H,1-2H3,(H,20,24)(H,21,23,25). The molecule has 2 N–H and O–H groups in total. The largest absolute Gasteiger partial charge is 0.322 e. The van der Waals surface area contributed by atoms with Crippen molar-refractivity contribution in [3.8, 4) is 0 Å². The SMILES string of the molecule is CC(C)c1nnc(NC(=O)c2cccc(NC(=O)c3ccccc3)c2)s1. The van der Waals surface area contributed by atoms with Crippen molar-refractivity contribution in [1.82, 2.24) is 10.2 Å². The average molecular weight is 366 g/mol. The molecule has 0 bridgehead atoms. The number of benzene rings is 2. The Morgan fingerprint density at radius 1 is 0.885 bits per heavy atom. The number of rotatable bonds is 5. The van der Waals surface area contributed by atoms with Gasteiger partial charge >= 0.3 is 0 Å². The number of nitrogens with zero attached hydrogens (tertiary/aromatic N) is 2. The third-order valence-electron chi connectivity index (χ3n) is 3.57. The number of hydrogen-bond acceptors (Lipinski definition) is 5. The van der Waals surface area contributed by atoms with E-state index in [-0.39, 0.29) is 17.7 Å². The van der Waals surface area contributed by atoms with Crippen molar-refractivity contribution in [2.45, 2.75) is 19.8 Å². The average Bonchev–Trinajstić information content (AvgIpc) is 3.11. The molecule has 0 aliphatic heterocycles. The summed E-state index contributed by atoms with van der Waals surface area (Å²) in [6.07, 6.45) is 0. The van der Waals surface area contributed by atoms with Crippen LogP contribution in [-0.2, 0) is 0 Å². The Kier molecular flexibility index (Phi) is 5.38. The molecule has 26 heavy (non-hydrogen) atoms. The predicted octanol–water partition coefficient (Wildman–Crippen LogP) is 4.17. The second-order valence-corrected chi connectivity index (χ2v) is 6.96. The second kappa shape index (κ2) is 7.88. The third kappa shape index (κ3) is 4.31. The molecule has 3 rings (SSSR count). The lowest BCUT2D eigenvalue weighted by molar-refractivity contribution is 0.101. The van der Waals surface area contributed by atoms with Gasteiger partial charge in [0.15, 0.2) is 0 Å². The summed E-state index contributed by atoms with van der Waals surface area (Å²) in [5.74, 6) is -0.268. The minimum atomic E-state index is -0.299. The highest BCUT2D eigenvalue weighted by atomic mass is 32.1. The minimum Gasteiger partial charge on any atom is -0.322 e. The maximum Gasteiger partial charge on any atom is 0.257 e. The van der Waals surface area contributed by atoms with E-state index in [1.54, 1.807) is 48.5 Å². The van der Waals surface area contributed by atoms with Crippen LogP contribution in [-0.4, -0.2) is 22.0 Å². The molecule has 0 atom stereocenters. The summed E-state index contributed by atoms with van der Waals surface area (Å²) in [5.41, 5.74) is 1.53. The second-order valence-electron chi connectivity index (χ2n) is 5.96. The summed E-state index contributed by atoms with van der Waals surface area (Å²) >= 11 is 1.35. The number of hydrogen-bond donors (Lipinski definition) is 2. The highest BCUT2D eigenvalue weighted by Crippen LogP contribution is 2.23. The summed E-state index contributed by atoms with van der Waals surface area (Å²) < 4.78 is 0. The van der Waals surface area contributed by atoms with E-state index in [4.69, 9.17) is 0 Å². The molecule has 0 fully saturated rings. The molecule has 132 valence electrons. The molecule has 0 unspecified atom stereocenters. The molecule has 0 saturated heterocycles. The Morgan fingerprint density at radius 2 is 1.58 bits per heavy atom. The maximum absolute atomic E-state index is 12.4. The van der Waals surface area contributed by atoms with Gasteiger partial charge in [0.2, 0.25) is 5.13 Å². The summed E-state index contributed by atoms with van der Waals surface area (Å²) in [6, 6.07) is 15.7. The number of carbonyl (C=O) groups is 2. The van der Waals surface area contributed by atoms with E-state index < -0.39 is 0 Å². The number of carbonyl (C=O) groups excluding carboxylic acids is 2. The first-order valence-electron chi connectivity index (χ1n) is 8.14. The fourth-order valence-electron chi connectivity index (χ4n) is 2.22. The molecule has 0 aliphatic carbocycles. The lowest BCUT2D eigenvalue weighted by atomic mass is 10.1. The van der Waals surface area contributed by atoms with Crippen molar-refractivity contribution in [2.75, 3.05) is 10.6 Å². The number of aromatic nitrogens is 2. The maximum atomic E-state index is 12.4. The van der Waals surface area contributed by atoms with Crippen molar-refractivity contribution < 1.29 is 9.59 Å². The van der Waals surface area contributed by atoms with Crippen molar-refractivity contribution >= 4 is 34.0 Å². The topological polar surface area (TPSA) is 84.0 Å². The van der Waals surface area contributed by atoms with Crippen LogP contribution < -0.4 is 10.6 Å². The smallest absolute Gasteiger partial charge is 0.257 e. The molecule has 0 radical (unpaired) electrons. The lowest BCUT2D eigenvalue weighted by Gasteiger charge is -2.07. The molecule has 6 nitrogen and oxygen atoms in total. The van der Waals surface area contributed by atoms with Gasteiger partial charge in [-0.1, -0.05) is 49.4 Å². The van der Waals surface area contributed by atoms with Crippen LogP contribution in [0.25, 0.3) is 0 Å². The van der Waals surface area contributed by atoms with Gasteiger partial charge in [-0.3, -0.25) is 14.9 Å². The Hall–Kier alpha value is -3.06. The summed E-state index contributed by atoms with van der Waals surface area (Å²) in [6.45, 7) is 4.04. The fourth-order valence-corrected chi connectivity index (χ4v) is 2.96. The summed E-state index contributed by atoms with van der Waals surface area (Å²) in [7, 11) is 0. The van der Waals surface area contributed by atoms with Crippen LogP contribution in [0.2, 0.25) is 0 Å². The van der Waals surface area contributed by atoms with E-state index >= 15 is 0 Å². The van der Waals surface area contributed by atoms with Gasteiger partial charge in [0.25, 0.3) is 11.8 Å². The van der Waals surface area contributed by atoms with Crippen molar-refractivity contribution in [2.24, 2.45) is 0 Å². The summed E-state index contributed by atoms with van der Waals surface area (Å²) in [4.78, 5) is 24.6. The zero-order chi connectivity index (χ0) is 18.5. The van der Waals surface area contributed by atoms with Crippen molar-refractivity contribution in [3.63, 3.8) is 0 Å². The molecule has 1 aromatic heterocycles. The Balaban J connectivity index is 1.70. The molecule has 3 aromatic rings. The first-order chi connectivity index (χ1) is 12.5. The molecule has 0 aliphatic rings. The van der Waals surface area contributed by atoms with Gasteiger partial charge in [0.05, 0.1) is 0 Å². The van der Waals surface area contributed by atoms with E-state index in [9.17, 15) is 9.59 Å². The zero-order valence-electron chi connectivity index (χ0n) is 14.4. The Morgan fingerprint density at radius 3 is 2.27 bits per heavy atom. The molecular weight excluding hydrogens is 348 g/mol. The molecule has 2 amide bonds. The van der Waals surface area contributed by atoms with Crippen molar-refractivity contribution in [3.05, 3.63) is 70.7 Å². The Labute approximate surface area is 155 Å². The van der Waals surface area contributed by atoms with Gasteiger partial charge in [-0.05, 0) is 30.3 Å². The van der Waals surface area contributed by atoms with E-state index in [2.05, 4.69) is 20.8 Å². The van der Waals surface area contributed by atoms with Gasteiger partial charge in [-0.15, -0.1) is 10.2 Å². The quantitative estimate of drug-likeness (QED) is 0.710. The van der Waals surface area contributed by atoms with Crippen LogP contribution in [0.1, 0.15) is 45.5 Å². The molecule has 7 heteroatoms. The van der Waals surface area contributed by atoms with Crippen LogP contribution in [0, 0.1) is 0 Å². The van der Waals surface area contributed by atoms with Gasteiger partial charge < -0.3 is 5.32 Å². The Bertz CT molecular complexity index is 922. The highest BCUT2D eigenvalue weighted by Gasteiger charge is 2.13. The van der Waals surface area contributed by atoms with Crippen LogP contribution in [0.3, 0.4) is 0 Å². The highest BCUT2D eigenvalue weighted by molar-refractivity contribution is 7.15.